The highest BCUT2D eigenvalue weighted by molar-refractivity contribution is 6.30. The molecule has 1 N–H and O–H groups in total. The number of anilines is 1. The fourth-order valence-corrected chi connectivity index (χ4v) is 1.57. The minimum absolute atomic E-state index is 0.00393. The van der Waals surface area contributed by atoms with Crippen molar-refractivity contribution in [2.75, 3.05) is 25.6 Å². The molecule has 0 atom stereocenters. The zero-order valence-electron chi connectivity index (χ0n) is 9.61. The van der Waals surface area contributed by atoms with Gasteiger partial charge in [-0.25, -0.2) is 0 Å². The lowest BCUT2D eigenvalue weighted by molar-refractivity contribution is -0.383. The largest absolute Gasteiger partial charge is 0.385 e. The second-order valence-electron chi connectivity index (χ2n) is 3.55. The number of nitro groups is 1. The number of rotatable bonds is 7. The van der Waals surface area contributed by atoms with Crippen molar-refractivity contribution in [2.24, 2.45) is 0 Å². The first-order valence-corrected chi connectivity index (χ1v) is 5.69. The molecular formula is C11H15ClN2O3. The summed E-state index contributed by atoms with van der Waals surface area (Å²) in [6, 6.07) is 4.60. The summed E-state index contributed by atoms with van der Waals surface area (Å²) in [7, 11) is 1.65. The van der Waals surface area contributed by atoms with Crippen molar-refractivity contribution in [3.8, 4) is 0 Å². The van der Waals surface area contributed by atoms with Crippen molar-refractivity contribution in [3.05, 3.63) is 33.3 Å². The van der Waals surface area contributed by atoms with Crippen LogP contribution in [0.15, 0.2) is 18.2 Å². The lowest BCUT2D eigenvalue weighted by Crippen LogP contribution is -2.05. The molecule has 0 spiro atoms. The van der Waals surface area contributed by atoms with Gasteiger partial charge < -0.3 is 10.1 Å². The molecule has 0 amide bonds. The molecule has 5 nitrogen and oxygen atoms in total. The van der Waals surface area contributed by atoms with Crippen LogP contribution in [0.1, 0.15) is 12.8 Å². The fourth-order valence-electron chi connectivity index (χ4n) is 1.40. The normalized spacial score (nSPS) is 10.2. The number of methoxy groups -OCH3 is 1. The van der Waals surface area contributed by atoms with Gasteiger partial charge in [0.15, 0.2) is 0 Å². The van der Waals surface area contributed by atoms with E-state index < -0.39 is 4.92 Å². The van der Waals surface area contributed by atoms with E-state index in [-0.39, 0.29) is 5.69 Å². The molecular weight excluding hydrogens is 244 g/mol. The number of hydrogen-bond donors (Lipinski definition) is 1. The Bertz CT molecular complexity index is 385. The molecule has 6 heteroatoms. The third-order valence-electron chi connectivity index (χ3n) is 2.25. The van der Waals surface area contributed by atoms with Crippen LogP contribution in [0.4, 0.5) is 11.4 Å². The van der Waals surface area contributed by atoms with Crippen LogP contribution in [0.2, 0.25) is 5.02 Å². The topological polar surface area (TPSA) is 64.4 Å². The van der Waals surface area contributed by atoms with E-state index in [1.54, 1.807) is 19.2 Å². The van der Waals surface area contributed by atoms with E-state index >= 15 is 0 Å². The Morgan fingerprint density at radius 3 is 2.88 bits per heavy atom. The molecule has 1 rings (SSSR count). The van der Waals surface area contributed by atoms with Crippen molar-refractivity contribution >= 4 is 23.0 Å². The average Bonchev–Trinajstić information content (AvgIpc) is 2.30. The summed E-state index contributed by atoms with van der Waals surface area (Å²) >= 11 is 5.71. The van der Waals surface area contributed by atoms with Gasteiger partial charge in [0.2, 0.25) is 0 Å². The predicted octanol–water partition coefficient (Wildman–Crippen LogP) is 3.09. The van der Waals surface area contributed by atoms with Gasteiger partial charge in [-0.05, 0) is 25.0 Å². The maximum Gasteiger partial charge on any atom is 0.293 e. The van der Waals surface area contributed by atoms with Crippen molar-refractivity contribution in [2.45, 2.75) is 12.8 Å². The van der Waals surface area contributed by atoms with Crippen LogP contribution in [0, 0.1) is 10.1 Å². The molecule has 0 aliphatic carbocycles. The van der Waals surface area contributed by atoms with Gasteiger partial charge >= 0.3 is 0 Å². The highest BCUT2D eigenvalue weighted by atomic mass is 35.5. The molecule has 0 fully saturated rings. The second kappa shape index (κ2) is 7.09. The van der Waals surface area contributed by atoms with Crippen molar-refractivity contribution in [1.82, 2.24) is 0 Å². The van der Waals surface area contributed by atoms with Crippen molar-refractivity contribution in [3.63, 3.8) is 0 Å². The van der Waals surface area contributed by atoms with E-state index in [2.05, 4.69) is 5.32 Å². The number of benzene rings is 1. The van der Waals surface area contributed by atoms with E-state index in [1.807, 2.05) is 0 Å². The number of nitrogens with zero attached hydrogens (tertiary/aromatic N) is 1. The van der Waals surface area contributed by atoms with Gasteiger partial charge in [-0.15, -0.1) is 0 Å². The molecule has 0 heterocycles. The standard InChI is InChI=1S/C11H15ClN2O3/c1-17-7-3-2-6-13-10-5-4-9(12)8-11(10)14(15)16/h4-5,8,13H,2-3,6-7H2,1H3. The molecule has 0 aliphatic heterocycles. The van der Waals surface area contributed by atoms with Crippen molar-refractivity contribution in [1.29, 1.82) is 0 Å². The van der Waals surface area contributed by atoms with Crippen molar-refractivity contribution < 1.29 is 9.66 Å². The molecule has 0 saturated carbocycles. The molecule has 0 aromatic heterocycles. The smallest absolute Gasteiger partial charge is 0.293 e. The summed E-state index contributed by atoms with van der Waals surface area (Å²) in [5, 5.41) is 14.2. The highest BCUT2D eigenvalue weighted by Gasteiger charge is 2.13. The molecule has 17 heavy (non-hydrogen) atoms. The molecule has 0 aliphatic rings. The third-order valence-corrected chi connectivity index (χ3v) is 2.48. The molecule has 0 unspecified atom stereocenters. The number of hydrogen-bond acceptors (Lipinski definition) is 4. The van der Waals surface area contributed by atoms with E-state index in [0.717, 1.165) is 12.8 Å². The van der Waals surface area contributed by atoms with E-state index in [0.29, 0.717) is 23.9 Å². The fraction of sp³-hybridized carbons (Fsp3) is 0.455. The van der Waals surface area contributed by atoms with Gasteiger partial charge in [0, 0.05) is 31.4 Å². The van der Waals surface area contributed by atoms with Crippen LogP contribution in [-0.4, -0.2) is 25.2 Å². The maximum absolute atomic E-state index is 10.8. The second-order valence-corrected chi connectivity index (χ2v) is 3.98. The Morgan fingerprint density at radius 1 is 1.47 bits per heavy atom. The summed E-state index contributed by atoms with van der Waals surface area (Å²) in [4.78, 5) is 10.4. The molecule has 0 saturated heterocycles. The van der Waals surface area contributed by atoms with Gasteiger partial charge in [0.05, 0.1) is 4.92 Å². The first-order valence-electron chi connectivity index (χ1n) is 5.32. The molecule has 0 radical (unpaired) electrons. The van der Waals surface area contributed by atoms with Gasteiger partial charge in [-0.1, -0.05) is 11.6 Å². The zero-order valence-corrected chi connectivity index (χ0v) is 10.4. The minimum Gasteiger partial charge on any atom is -0.385 e. The van der Waals surface area contributed by atoms with Gasteiger partial charge in [0.25, 0.3) is 5.69 Å². The molecule has 1 aromatic carbocycles. The van der Waals surface area contributed by atoms with E-state index in [1.165, 1.54) is 6.07 Å². The Morgan fingerprint density at radius 2 is 2.24 bits per heavy atom. The van der Waals surface area contributed by atoms with Gasteiger partial charge in [-0.2, -0.15) is 0 Å². The van der Waals surface area contributed by atoms with Crippen LogP contribution in [0.5, 0.6) is 0 Å². The summed E-state index contributed by atoms with van der Waals surface area (Å²) < 4.78 is 4.92. The summed E-state index contributed by atoms with van der Waals surface area (Å²) in [5.41, 5.74) is 0.501. The highest BCUT2D eigenvalue weighted by Crippen LogP contribution is 2.27. The van der Waals surface area contributed by atoms with E-state index in [4.69, 9.17) is 16.3 Å². The lowest BCUT2D eigenvalue weighted by Gasteiger charge is -2.07. The maximum atomic E-state index is 10.8. The number of nitro benzene ring substituents is 1. The van der Waals surface area contributed by atoms with Gasteiger partial charge in [0.1, 0.15) is 5.69 Å². The monoisotopic (exact) mass is 258 g/mol. The Kier molecular flexibility index (Phi) is 5.72. The summed E-state index contributed by atoms with van der Waals surface area (Å²) in [5.74, 6) is 0. The average molecular weight is 259 g/mol. The Hall–Kier alpha value is -1.33. The number of unbranched alkanes of at least 4 members (excludes halogenated alkanes) is 1. The molecule has 0 bridgehead atoms. The first kappa shape index (κ1) is 13.7. The number of halogens is 1. The van der Waals surface area contributed by atoms with Crippen LogP contribution in [0.25, 0.3) is 0 Å². The SMILES string of the molecule is COCCCCNc1ccc(Cl)cc1[N+](=O)[O-]. The number of ether oxygens (including phenoxy) is 1. The van der Waals surface area contributed by atoms with Gasteiger partial charge in [-0.3, -0.25) is 10.1 Å². The third kappa shape index (κ3) is 4.58. The Balaban J connectivity index is 2.55. The van der Waals surface area contributed by atoms with Crippen LogP contribution in [0.3, 0.4) is 0 Å². The first-order chi connectivity index (χ1) is 8.15. The minimum atomic E-state index is -0.441. The zero-order chi connectivity index (χ0) is 12.7. The van der Waals surface area contributed by atoms with Crippen LogP contribution in [-0.2, 0) is 4.74 Å². The molecule has 94 valence electrons. The number of nitrogens with one attached hydrogen (secondary N) is 1. The van der Waals surface area contributed by atoms with Crippen LogP contribution < -0.4 is 5.32 Å². The quantitative estimate of drug-likeness (QED) is 0.464. The summed E-state index contributed by atoms with van der Waals surface area (Å²) in [6.07, 6.45) is 1.82. The van der Waals surface area contributed by atoms with E-state index in [9.17, 15) is 10.1 Å². The Labute approximate surface area is 105 Å². The lowest BCUT2D eigenvalue weighted by atomic mass is 10.2. The van der Waals surface area contributed by atoms with Crippen LogP contribution >= 0.6 is 11.6 Å². The summed E-state index contributed by atoms with van der Waals surface area (Å²) in [6.45, 7) is 1.37. The molecule has 1 aromatic rings. The predicted molar refractivity (Wildman–Crippen MR) is 67.7 cm³/mol.